The fourth-order valence-corrected chi connectivity index (χ4v) is 4.08. The van der Waals surface area contributed by atoms with E-state index in [-0.39, 0.29) is 10.8 Å². The summed E-state index contributed by atoms with van der Waals surface area (Å²) < 4.78 is 0. The maximum Gasteiger partial charge on any atom is 0.0751 e. The van der Waals surface area contributed by atoms with Crippen molar-refractivity contribution in [2.75, 3.05) is 0 Å². The standard InChI is InChI=1S/C13H24O/c1-11(2)9-7-10-6-5-8-13(11,14)12(10,3)4/h10,14H,5-9H2,1-4H3. The van der Waals surface area contributed by atoms with Crippen molar-refractivity contribution in [3.63, 3.8) is 0 Å². The largest absolute Gasteiger partial charge is 0.389 e. The zero-order valence-corrected chi connectivity index (χ0v) is 10.1. The molecule has 14 heavy (non-hydrogen) atoms. The van der Waals surface area contributed by atoms with Crippen LogP contribution < -0.4 is 0 Å². The van der Waals surface area contributed by atoms with Crippen LogP contribution in [0.4, 0.5) is 0 Å². The van der Waals surface area contributed by atoms with Crippen molar-refractivity contribution in [2.24, 2.45) is 16.7 Å². The van der Waals surface area contributed by atoms with E-state index in [1.54, 1.807) is 0 Å². The Morgan fingerprint density at radius 2 is 1.64 bits per heavy atom. The van der Waals surface area contributed by atoms with Crippen molar-refractivity contribution in [1.82, 2.24) is 0 Å². The molecule has 0 aromatic carbocycles. The maximum absolute atomic E-state index is 11.0. The molecule has 0 radical (unpaired) electrons. The minimum atomic E-state index is -0.429. The van der Waals surface area contributed by atoms with Gasteiger partial charge in [0.1, 0.15) is 0 Å². The summed E-state index contributed by atoms with van der Waals surface area (Å²) >= 11 is 0. The Hall–Kier alpha value is -0.0400. The summed E-state index contributed by atoms with van der Waals surface area (Å²) in [6.45, 7) is 9.04. The predicted molar refractivity (Wildman–Crippen MR) is 59.1 cm³/mol. The lowest BCUT2D eigenvalue weighted by Crippen LogP contribution is -2.63. The molecule has 0 spiro atoms. The van der Waals surface area contributed by atoms with Crippen molar-refractivity contribution in [2.45, 2.75) is 65.4 Å². The Kier molecular flexibility index (Phi) is 2.06. The van der Waals surface area contributed by atoms with Crippen LogP contribution in [0.2, 0.25) is 0 Å². The molecular formula is C13H24O. The molecule has 1 N–H and O–H groups in total. The zero-order valence-electron chi connectivity index (χ0n) is 10.1. The van der Waals surface area contributed by atoms with E-state index in [1.807, 2.05) is 0 Å². The molecule has 0 amide bonds. The van der Waals surface area contributed by atoms with Crippen molar-refractivity contribution >= 4 is 0 Å². The highest BCUT2D eigenvalue weighted by molar-refractivity contribution is 5.11. The smallest absolute Gasteiger partial charge is 0.0751 e. The second kappa shape index (κ2) is 2.75. The van der Waals surface area contributed by atoms with Gasteiger partial charge in [0.05, 0.1) is 5.60 Å². The molecule has 0 aromatic heterocycles. The molecule has 2 aliphatic rings. The lowest BCUT2D eigenvalue weighted by Gasteiger charge is -2.62. The highest BCUT2D eigenvalue weighted by atomic mass is 16.3. The molecule has 2 bridgehead atoms. The highest BCUT2D eigenvalue weighted by Crippen LogP contribution is 2.61. The van der Waals surface area contributed by atoms with Gasteiger partial charge in [-0.3, -0.25) is 0 Å². The van der Waals surface area contributed by atoms with Crippen molar-refractivity contribution in [3.05, 3.63) is 0 Å². The number of rotatable bonds is 0. The molecule has 0 aliphatic heterocycles. The van der Waals surface area contributed by atoms with Gasteiger partial charge < -0.3 is 5.11 Å². The van der Waals surface area contributed by atoms with Gasteiger partial charge in [-0.15, -0.1) is 0 Å². The summed E-state index contributed by atoms with van der Waals surface area (Å²) in [7, 11) is 0. The van der Waals surface area contributed by atoms with Crippen LogP contribution in [0.5, 0.6) is 0 Å². The van der Waals surface area contributed by atoms with E-state index >= 15 is 0 Å². The van der Waals surface area contributed by atoms with Gasteiger partial charge in [-0.05, 0) is 42.4 Å². The first kappa shape index (κ1) is 10.5. The van der Waals surface area contributed by atoms with Crippen molar-refractivity contribution in [3.8, 4) is 0 Å². The molecule has 2 saturated carbocycles. The lowest BCUT2D eigenvalue weighted by molar-refractivity contribution is -0.222. The third kappa shape index (κ3) is 1.05. The molecule has 0 heterocycles. The van der Waals surface area contributed by atoms with Crippen LogP contribution in [0.3, 0.4) is 0 Å². The van der Waals surface area contributed by atoms with E-state index in [9.17, 15) is 5.11 Å². The summed E-state index contributed by atoms with van der Waals surface area (Å²) in [6.07, 6.45) is 6.04. The Morgan fingerprint density at radius 3 is 2.21 bits per heavy atom. The molecule has 2 unspecified atom stereocenters. The summed E-state index contributed by atoms with van der Waals surface area (Å²) in [5, 5.41) is 11.0. The first-order valence-corrected chi connectivity index (χ1v) is 6.04. The molecule has 2 atom stereocenters. The zero-order chi connectivity index (χ0) is 10.6. The lowest BCUT2D eigenvalue weighted by atomic mass is 9.46. The van der Waals surface area contributed by atoms with Gasteiger partial charge in [0.15, 0.2) is 0 Å². The van der Waals surface area contributed by atoms with Crippen LogP contribution in [-0.4, -0.2) is 10.7 Å². The summed E-state index contributed by atoms with van der Waals surface area (Å²) in [5.74, 6) is 0.745. The third-order valence-electron chi connectivity index (χ3n) is 5.42. The fourth-order valence-electron chi connectivity index (χ4n) is 4.08. The van der Waals surface area contributed by atoms with E-state index in [2.05, 4.69) is 27.7 Å². The van der Waals surface area contributed by atoms with E-state index in [4.69, 9.17) is 0 Å². The molecule has 2 fully saturated rings. The Morgan fingerprint density at radius 1 is 1.00 bits per heavy atom. The minimum absolute atomic E-state index is 0.105. The van der Waals surface area contributed by atoms with Crippen LogP contribution in [-0.2, 0) is 0 Å². The Labute approximate surface area is 87.9 Å². The summed E-state index contributed by atoms with van der Waals surface area (Å²) in [6, 6.07) is 0. The van der Waals surface area contributed by atoms with Gasteiger partial charge in [0.25, 0.3) is 0 Å². The topological polar surface area (TPSA) is 20.2 Å². The quantitative estimate of drug-likeness (QED) is 0.630. The molecule has 82 valence electrons. The highest BCUT2D eigenvalue weighted by Gasteiger charge is 2.60. The van der Waals surface area contributed by atoms with Crippen LogP contribution in [0.1, 0.15) is 59.8 Å². The molecule has 0 aromatic rings. The molecule has 2 rings (SSSR count). The van der Waals surface area contributed by atoms with Gasteiger partial charge in [0.2, 0.25) is 0 Å². The fraction of sp³-hybridized carbons (Fsp3) is 1.00. The van der Waals surface area contributed by atoms with E-state index in [0.29, 0.717) is 0 Å². The van der Waals surface area contributed by atoms with Crippen LogP contribution in [0.15, 0.2) is 0 Å². The second-order valence-electron chi connectivity index (χ2n) is 6.59. The first-order valence-electron chi connectivity index (χ1n) is 6.04. The molecule has 1 nitrogen and oxygen atoms in total. The van der Waals surface area contributed by atoms with Gasteiger partial charge in [-0.25, -0.2) is 0 Å². The van der Waals surface area contributed by atoms with Crippen LogP contribution in [0, 0.1) is 16.7 Å². The van der Waals surface area contributed by atoms with Gasteiger partial charge in [-0.1, -0.05) is 34.1 Å². The number of hydrogen-bond acceptors (Lipinski definition) is 1. The number of fused-ring (bicyclic) bond motifs is 2. The van der Waals surface area contributed by atoms with Crippen LogP contribution in [0.25, 0.3) is 0 Å². The van der Waals surface area contributed by atoms with E-state index < -0.39 is 5.60 Å². The molecule has 1 heteroatoms. The predicted octanol–water partition coefficient (Wildman–Crippen LogP) is 3.36. The van der Waals surface area contributed by atoms with Crippen LogP contribution >= 0.6 is 0 Å². The minimum Gasteiger partial charge on any atom is -0.389 e. The molecule has 0 saturated heterocycles. The summed E-state index contributed by atoms with van der Waals surface area (Å²) in [5.41, 5.74) is -0.207. The van der Waals surface area contributed by atoms with Crippen molar-refractivity contribution < 1.29 is 5.11 Å². The van der Waals surface area contributed by atoms with Crippen molar-refractivity contribution in [1.29, 1.82) is 0 Å². The molecular weight excluding hydrogens is 172 g/mol. The van der Waals surface area contributed by atoms with Gasteiger partial charge >= 0.3 is 0 Å². The average Bonchev–Trinajstić information content (AvgIpc) is 2.05. The Balaban J connectivity index is 2.43. The average molecular weight is 196 g/mol. The Bertz CT molecular complexity index is 242. The maximum atomic E-state index is 11.0. The molecule has 2 aliphatic carbocycles. The van der Waals surface area contributed by atoms with Gasteiger partial charge in [-0.2, -0.15) is 0 Å². The van der Waals surface area contributed by atoms with Gasteiger partial charge in [0, 0.05) is 0 Å². The monoisotopic (exact) mass is 196 g/mol. The number of hydrogen-bond donors (Lipinski definition) is 1. The number of aliphatic hydroxyl groups is 1. The third-order valence-corrected chi connectivity index (χ3v) is 5.42. The second-order valence-corrected chi connectivity index (χ2v) is 6.59. The van der Waals surface area contributed by atoms with E-state index in [1.165, 1.54) is 25.7 Å². The first-order chi connectivity index (χ1) is 6.31. The summed E-state index contributed by atoms with van der Waals surface area (Å²) in [4.78, 5) is 0. The normalized spacial score (nSPS) is 44.8. The van der Waals surface area contributed by atoms with E-state index in [0.717, 1.165) is 12.3 Å². The SMILES string of the molecule is CC1(C)CCC2CCCC1(O)C2(C)C.